The molecule has 0 aromatic carbocycles. The van der Waals surface area contributed by atoms with Gasteiger partial charge in [0.15, 0.2) is 5.96 Å². The summed E-state index contributed by atoms with van der Waals surface area (Å²) in [4.78, 5) is 10.4. The van der Waals surface area contributed by atoms with E-state index in [0.717, 1.165) is 16.7 Å². The molecule has 2 aromatic heterocycles. The number of rotatable bonds is 5. The molecule has 0 aliphatic heterocycles. The summed E-state index contributed by atoms with van der Waals surface area (Å²) in [5, 5.41) is 12.1. The van der Waals surface area contributed by atoms with E-state index in [4.69, 9.17) is 0 Å². The molecule has 2 rings (SSSR count). The number of nitrogens with zero attached hydrogens (tertiary/aromatic N) is 2. The molecule has 0 bridgehead atoms. The Hall–Kier alpha value is -0.670. The molecule has 0 saturated carbocycles. The van der Waals surface area contributed by atoms with E-state index in [1.54, 1.807) is 22.7 Å². The summed E-state index contributed by atoms with van der Waals surface area (Å²) in [6.07, 6.45) is 0. The predicted octanol–water partition coefficient (Wildman–Crippen LogP) is 4.34. The van der Waals surface area contributed by atoms with Gasteiger partial charge in [0.25, 0.3) is 0 Å². The van der Waals surface area contributed by atoms with Crippen molar-refractivity contribution in [2.45, 2.75) is 46.3 Å². The summed E-state index contributed by atoms with van der Waals surface area (Å²) >= 11 is 3.42. The van der Waals surface area contributed by atoms with Crippen molar-refractivity contribution >= 4 is 52.6 Å². The minimum Gasteiger partial charge on any atom is -0.354 e. The number of hydrogen-bond donors (Lipinski definition) is 2. The third-order valence-electron chi connectivity index (χ3n) is 2.81. The van der Waals surface area contributed by atoms with Gasteiger partial charge >= 0.3 is 0 Å². The molecule has 2 heterocycles. The molecule has 0 spiro atoms. The van der Waals surface area contributed by atoms with E-state index in [9.17, 15) is 0 Å². The van der Waals surface area contributed by atoms with Crippen LogP contribution in [0.2, 0.25) is 0 Å². The van der Waals surface area contributed by atoms with Crippen molar-refractivity contribution in [1.82, 2.24) is 15.6 Å². The minimum atomic E-state index is 0. The SMILES string of the molecule is Cc1nc(CN=C(NC(C)C)NC(C)c2cccs2)cs1.I. The number of thiazole rings is 1. The highest BCUT2D eigenvalue weighted by Crippen LogP contribution is 2.18. The van der Waals surface area contributed by atoms with Crippen molar-refractivity contribution in [3.63, 3.8) is 0 Å². The Morgan fingerprint density at radius 2 is 2.05 bits per heavy atom. The van der Waals surface area contributed by atoms with Crippen molar-refractivity contribution < 1.29 is 0 Å². The molecule has 0 aliphatic carbocycles. The van der Waals surface area contributed by atoms with Crippen molar-refractivity contribution in [3.8, 4) is 0 Å². The zero-order chi connectivity index (χ0) is 15.2. The fourth-order valence-corrected chi connectivity index (χ4v) is 3.20. The molecule has 0 saturated heterocycles. The Balaban J connectivity index is 0.00000242. The lowest BCUT2D eigenvalue weighted by atomic mass is 10.3. The summed E-state index contributed by atoms with van der Waals surface area (Å²) in [6, 6.07) is 4.79. The van der Waals surface area contributed by atoms with Crippen LogP contribution in [0.3, 0.4) is 0 Å². The quantitative estimate of drug-likeness (QED) is 0.405. The van der Waals surface area contributed by atoms with Gasteiger partial charge in [0, 0.05) is 16.3 Å². The van der Waals surface area contributed by atoms with Gasteiger partial charge in [-0.25, -0.2) is 9.98 Å². The van der Waals surface area contributed by atoms with Crippen LogP contribution in [0.5, 0.6) is 0 Å². The van der Waals surface area contributed by atoms with E-state index in [2.05, 4.69) is 64.3 Å². The molecule has 2 N–H and O–H groups in total. The molecular weight excluding hydrogens is 427 g/mol. The molecule has 2 aromatic rings. The van der Waals surface area contributed by atoms with Gasteiger partial charge in [-0.2, -0.15) is 0 Å². The molecule has 1 atom stereocenters. The Morgan fingerprint density at radius 3 is 2.59 bits per heavy atom. The van der Waals surface area contributed by atoms with Gasteiger partial charge in [0.1, 0.15) is 0 Å². The van der Waals surface area contributed by atoms with Crippen LogP contribution in [0, 0.1) is 6.92 Å². The highest BCUT2D eigenvalue weighted by Gasteiger charge is 2.10. The normalized spacial score (nSPS) is 12.9. The van der Waals surface area contributed by atoms with Crippen LogP contribution in [-0.4, -0.2) is 17.0 Å². The lowest BCUT2D eigenvalue weighted by Crippen LogP contribution is -2.42. The van der Waals surface area contributed by atoms with Gasteiger partial charge in [-0.1, -0.05) is 6.07 Å². The second-order valence-electron chi connectivity index (χ2n) is 5.20. The van der Waals surface area contributed by atoms with Crippen LogP contribution >= 0.6 is 46.7 Å². The maximum absolute atomic E-state index is 4.64. The number of hydrogen-bond acceptors (Lipinski definition) is 4. The first-order chi connectivity index (χ1) is 10.0. The smallest absolute Gasteiger partial charge is 0.192 e. The largest absolute Gasteiger partial charge is 0.354 e. The summed E-state index contributed by atoms with van der Waals surface area (Å²) in [7, 11) is 0. The Bertz CT molecular complexity index is 578. The molecule has 4 nitrogen and oxygen atoms in total. The van der Waals surface area contributed by atoms with Crippen LogP contribution in [-0.2, 0) is 6.54 Å². The molecule has 0 amide bonds. The van der Waals surface area contributed by atoms with E-state index in [1.807, 2.05) is 6.92 Å². The molecule has 7 heteroatoms. The summed E-state index contributed by atoms with van der Waals surface area (Å²) in [6.45, 7) is 8.99. The first-order valence-corrected chi connectivity index (χ1v) is 8.82. The van der Waals surface area contributed by atoms with E-state index in [0.29, 0.717) is 12.6 Å². The van der Waals surface area contributed by atoms with Crippen LogP contribution in [0.25, 0.3) is 0 Å². The number of halogens is 1. The third kappa shape index (κ3) is 6.21. The van der Waals surface area contributed by atoms with E-state index < -0.39 is 0 Å². The minimum absolute atomic E-state index is 0. The molecule has 0 aliphatic rings. The lowest BCUT2D eigenvalue weighted by molar-refractivity contribution is 0.652. The fourth-order valence-electron chi connectivity index (χ4n) is 1.86. The lowest BCUT2D eigenvalue weighted by Gasteiger charge is -2.19. The standard InChI is InChI=1S/C15H22N4S2.HI/c1-10(2)17-15(16-8-13-9-21-12(4)19-13)18-11(3)14-6-5-7-20-14;/h5-7,9-11H,8H2,1-4H3,(H2,16,17,18);1H. The van der Waals surface area contributed by atoms with Crippen LogP contribution in [0.4, 0.5) is 0 Å². The number of aromatic nitrogens is 1. The summed E-state index contributed by atoms with van der Waals surface area (Å²) < 4.78 is 0. The molecule has 0 fully saturated rings. The number of aryl methyl sites for hydroxylation is 1. The third-order valence-corrected chi connectivity index (χ3v) is 4.69. The topological polar surface area (TPSA) is 49.3 Å². The zero-order valence-electron chi connectivity index (χ0n) is 13.3. The highest BCUT2D eigenvalue weighted by molar-refractivity contribution is 14.0. The number of thiophene rings is 1. The van der Waals surface area contributed by atoms with Gasteiger partial charge in [-0.3, -0.25) is 0 Å². The van der Waals surface area contributed by atoms with Gasteiger partial charge in [0.2, 0.25) is 0 Å². The number of nitrogens with one attached hydrogen (secondary N) is 2. The number of aliphatic imine (C=N–C) groups is 1. The predicted molar refractivity (Wildman–Crippen MR) is 108 cm³/mol. The van der Waals surface area contributed by atoms with Crippen LogP contribution in [0.15, 0.2) is 27.9 Å². The van der Waals surface area contributed by atoms with E-state index in [1.165, 1.54) is 4.88 Å². The van der Waals surface area contributed by atoms with Crippen molar-refractivity contribution in [3.05, 3.63) is 38.5 Å². The fraction of sp³-hybridized carbons (Fsp3) is 0.467. The average Bonchev–Trinajstić information content (AvgIpc) is 3.06. The highest BCUT2D eigenvalue weighted by atomic mass is 127. The van der Waals surface area contributed by atoms with Crippen molar-refractivity contribution in [1.29, 1.82) is 0 Å². The van der Waals surface area contributed by atoms with Gasteiger partial charge in [-0.15, -0.1) is 46.7 Å². The number of guanidine groups is 1. The Labute approximate surface area is 157 Å². The molecule has 0 radical (unpaired) electrons. The van der Waals surface area contributed by atoms with Gasteiger partial charge < -0.3 is 10.6 Å². The van der Waals surface area contributed by atoms with Crippen molar-refractivity contribution in [2.24, 2.45) is 4.99 Å². The zero-order valence-corrected chi connectivity index (χ0v) is 17.3. The monoisotopic (exact) mass is 450 g/mol. The second kappa shape index (κ2) is 9.46. The second-order valence-corrected chi connectivity index (χ2v) is 7.24. The summed E-state index contributed by atoms with van der Waals surface area (Å²) in [5.74, 6) is 0.830. The molecule has 122 valence electrons. The molecule has 1 unspecified atom stereocenters. The van der Waals surface area contributed by atoms with Crippen LogP contribution < -0.4 is 10.6 Å². The average molecular weight is 450 g/mol. The van der Waals surface area contributed by atoms with Gasteiger partial charge in [0.05, 0.1) is 23.3 Å². The maximum Gasteiger partial charge on any atom is 0.192 e. The van der Waals surface area contributed by atoms with Crippen molar-refractivity contribution in [2.75, 3.05) is 0 Å². The van der Waals surface area contributed by atoms with Gasteiger partial charge in [-0.05, 0) is 39.1 Å². The first-order valence-electron chi connectivity index (χ1n) is 7.06. The summed E-state index contributed by atoms with van der Waals surface area (Å²) in [5.41, 5.74) is 1.02. The van der Waals surface area contributed by atoms with E-state index >= 15 is 0 Å². The first kappa shape index (κ1) is 19.4. The Morgan fingerprint density at radius 1 is 1.27 bits per heavy atom. The van der Waals surface area contributed by atoms with Crippen LogP contribution in [0.1, 0.15) is 42.4 Å². The molecular formula is C15H23IN4S2. The van der Waals surface area contributed by atoms with E-state index in [-0.39, 0.29) is 30.0 Å². The maximum atomic E-state index is 4.64. The Kier molecular flexibility index (Phi) is 8.34. The molecule has 22 heavy (non-hydrogen) atoms.